The van der Waals surface area contributed by atoms with Gasteiger partial charge >= 0.3 is 0 Å². The Morgan fingerprint density at radius 1 is 1.26 bits per heavy atom. The highest BCUT2D eigenvalue weighted by atomic mass is 19.1. The predicted octanol–water partition coefficient (Wildman–Crippen LogP) is 2.59. The molecule has 6 heteroatoms. The number of nitrogens with one attached hydrogen (secondary N) is 1. The van der Waals surface area contributed by atoms with Gasteiger partial charge in [-0.05, 0) is 36.8 Å². The molecule has 0 radical (unpaired) electrons. The van der Waals surface area contributed by atoms with Crippen LogP contribution in [-0.2, 0) is 11.3 Å². The van der Waals surface area contributed by atoms with Crippen LogP contribution in [0.25, 0.3) is 0 Å². The number of halogens is 1. The van der Waals surface area contributed by atoms with Crippen LogP contribution >= 0.6 is 0 Å². The number of hydrogen-bond donors (Lipinski definition) is 1. The van der Waals surface area contributed by atoms with Crippen molar-refractivity contribution in [3.8, 4) is 0 Å². The van der Waals surface area contributed by atoms with Crippen LogP contribution in [0.5, 0.6) is 0 Å². The lowest BCUT2D eigenvalue weighted by Gasteiger charge is -2.21. The molecule has 1 aromatic carbocycles. The SMILES string of the molecule is CCN(Cc1cccc(F)c1)C(=O)CCNC(=O)c1ccco1. The van der Waals surface area contributed by atoms with Crippen molar-refractivity contribution in [1.29, 1.82) is 0 Å². The molecule has 0 spiro atoms. The second-order valence-electron chi connectivity index (χ2n) is 5.02. The Balaban J connectivity index is 1.82. The van der Waals surface area contributed by atoms with Crippen molar-refractivity contribution in [3.05, 3.63) is 59.8 Å². The summed E-state index contributed by atoms with van der Waals surface area (Å²) in [6, 6.07) is 9.35. The maximum atomic E-state index is 13.2. The van der Waals surface area contributed by atoms with Crippen molar-refractivity contribution in [2.45, 2.75) is 19.9 Å². The Morgan fingerprint density at radius 3 is 2.74 bits per heavy atom. The van der Waals surface area contributed by atoms with Gasteiger partial charge in [0, 0.05) is 26.1 Å². The molecule has 1 N–H and O–H groups in total. The third kappa shape index (κ3) is 4.95. The van der Waals surface area contributed by atoms with Crippen LogP contribution in [0.2, 0.25) is 0 Å². The van der Waals surface area contributed by atoms with E-state index < -0.39 is 0 Å². The quantitative estimate of drug-likeness (QED) is 0.853. The van der Waals surface area contributed by atoms with Gasteiger partial charge in [0.25, 0.3) is 5.91 Å². The van der Waals surface area contributed by atoms with E-state index in [-0.39, 0.29) is 36.4 Å². The van der Waals surface area contributed by atoms with Gasteiger partial charge in [-0.2, -0.15) is 0 Å². The minimum absolute atomic E-state index is 0.100. The van der Waals surface area contributed by atoms with Crippen LogP contribution in [-0.4, -0.2) is 29.8 Å². The molecular weight excluding hydrogens is 299 g/mol. The molecule has 0 aliphatic carbocycles. The van der Waals surface area contributed by atoms with Crippen LogP contribution in [0.15, 0.2) is 47.1 Å². The number of hydrogen-bond acceptors (Lipinski definition) is 3. The highest BCUT2D eigenvalue weighted by Crippen LogP contribution is 2.08. The molecule has 2 rings (SSSR count). The molecule has 1 heterocycles. The highest BCUT2D eigenvalue weighted by Gasteiger charge is 2.14. The van der Waals surface area contributed by atoms with E-state index in [0.717, 1.165) is 5.56 Å². The number of nitrogens with zero attached hydrogens (tertiary/aromatic N) is 1. The molecule has 0 fully saturated rings. The van der Waals surface area contributed by atoms with Crippen molar-refractivity contribution in [3.63, 3.8) is 0 Å². The lowest BCUT2D eigenvalue weighted by molar-refractivity contribution is -0.131. The summed E-state index contributed by atoms with van der Waals surface area (Å²) in [5.74, 6) is -0.561. The molecule has 23 heavy (non-hydrogen) atoms. The van der Waals surface area contributed by atoms with Crippen molar-refractivity contribution >= 4 is 11.8 Å². The zero-order valence-electron chi connectivity index (χ0n) is 12.9. The van der Waals surface area contributed by atoms with Crippen molar-refractivity contribution in [1.82, 2.24) is 10.2 Å². The molecule has 5 nitrogen and oxygen atoms in total. The zero-order valence-corrected chi connectivity index (χ0v) is 12.9. The first kappa shape index (κ1) is 16.7. The minimum Gasteiger partial charge on any atom is -0.459 e. The Labute approximate surface area is 134 Å². The second-order valence-corrected chi connectivity index (χ2v) is 5.02. The van der Waals surface area contributed by atoms with Crippen molar-refractivity contribution in [2.24, 2.45) is 0 Å². The molecule has 2 amide bonds. The lowest BCUT2D eigenvalue weighted by atomic mass is 10.2. The van der Waals surface area contributed by atoms with Gasteiger partial charge in [0.15, 0.2) is 5.76 Å². The molecule has 0 aliphatic rings. The van der Waals surface area contributed by atoms with Gasteiger partial charge in [-0.25, -0.2) is 4.39 Å². The van der Waals surface area contributed by atoms with Gasteiger partial charge < -0.3 is 14.6 Å². The molecule has 2 aromatic rings. The Hall–Kier alpha value is -2.63. The molecule has 0 unspecified atom stereocenters. The van der Waals surface area contributed by atoms with E-state index in [2.05, 4.69) is 5.32 Å². The molecule has 0 saturated heterocycles. The van der Waals surface area contributed by atoms with Crippen LogP contribution in [0.3, 0.4) is 0 Å². The summed E-state index contributed by atoms with van der Waals surface area (Å²) >= 11 is 0. The van der Waals surface area contributed by atoms with E-state index in [9.17, 15) is 14.0 Å². The number of carbonyl (C=O) groups excluding carboxylic acids is 2. The zero-order chi connectivity index (χ0) is 16.7. The first-order valence-electron chi connectivity index (χ1n) is 7.44. The molecule has 122 valence electrons. The topological polar surface area (TPSA) is 62.6 Å². The lowest BCUT2D eigenvalue weighted by Crippen LogP contribution is -2.34. The van der Waals surface area contributed by atoms with Crippen molar-refractivity contribution < 1.29 is 18.4 Å². The fourth-order valence-electron chi connectivity index (χ4n) is 2.17. The first-order valence-corrected chi connectivity index (χ1v) is 7.44. The summed E-state index contributed by atoms with van der Waals surface area (Å²) < 4.78 is 18.2. The van der Waals surface area contributed by atoms with Gasteiger partial charge in [-0.15, -0.1) is 0 Å². The van der Waals surface area contributed by atoms with Gasteiger partial charge in [0.05, 0.1) is 6.26 Å². The average Bonchev–Trinajstić information content (AvgIpc) is 3.07. The molecule has 0 atom stereocenters. The fourth-order valence-corrected chi connectivity index (χ4v) is 2.17. The number of furan rings is 1. The van der Waals surface area contributed by atoms with Crippen LogP contribution < -0.4 is 5.32 Å². The van der Waals surface area contributed by atoms with Crippen LogP contribution in [0.1, 0.15) is 29.5 Å². The molecular formula is C17H19FN2O3. The molecule has 1 aromatic heterocycles. The number of carbonyl (C=O) groups is 2. The van der Waals surface area contributed by atoms with E-state index in [1.807, 2.05) is 6.92 Å². The normalized spacial score (nSPS) is 10.3. The standard InChI is InChI=1S/C17H19FN2O3/c1-2-20(12-13-5-3-6-14(18)11-13)16(21)8-9-19-17(22)15-7-4-10-23-15/h3-7,10-11H,2,8-9,12H2,1H3,(H,19,22). The Bertz CT molecular complexity index is 656. The largest absolute Gasteiger partial charge is 0.459 e. The van der Waals surface area contributed by atoms with E-state index in [1.165, 1.54) is 18.4 Å². The monoisotopic (exact) mass is 318 g/mol. The summed E-state index contributed by atoms with van der Waals surface area (Å²) in [6.45, 7) is 2.94. The second kappa shape index (κ2) is 8.12. The maximum Gasteiger partial charge on any atom is 0.286 e. The fraction of sp³-hybridized carbons (Fsp3) is 0.294. The summed E-state index contributed by atoms with van der Waals surface area (Å²) in [5, 5.41) is 2.63. The summed E-state index contributed by atoms with van der Waals surface area (Å²) in [5.41, 5.74) is 0.736. The Morgan fingerprint density at radius 2 is 2.09 bits per heavy atom. The maximum absolute atomic E-state index is 13.2. The Kier molecular flexibility index (Phi) is 5.91. The van der Waals surface area contributed by atoms with E-state index in [1.54, 1.807) is 29.2 Å². The van der Waals surface area contributed by atoms with Crippen LogP contribution in [0, 0.1) is 5.82 Å². The van der Waals surface area contributed by atoms with Crippen molar-refractivity contribution in [2.75, 3.05) is 13.1 Å². The van der Waals surface area contributed by atoms with Gasteiger partial charge in [-0.3, -0.25) is 9.59 Å². The van der Waals surface area contributed by atoms with E-state index >= 15 is 0 Å². The predicted molar refractivity (Wildman–Crippen MR) is 83.1 cm³/mol. The summed E-state index contributed by atoms with van der Waals surface area (Å²) in [6.07, 6.45) is 1.59. The smallest absolute Gasteiger partial charge is 0.286 e. The number of benzene rings is 1. The van der Waals surface area contributed by atoms with Crippen LogP contribution in [0.4, 0.5) is 4.39 Å². The summed E-state index contributed by atoms with van der Waals surface area (Å²) in [4.78, 5) is 25.5. The van der Waals surface area contributed by atoms with Gasteiger partial charge in [0.2, 0.25) is 5.91 Å². The summed E-state index contributed by atoms with van der Waals surface area (Å²) in [7, 11) is 0. The number of amides is 2. The number of rotatable bonds is 7. The van der Waals surface area contributed by atoms with Gasteiger partial charge in [0.1, 0.15) is 5.82 Å². The molecule has 0 saturated carbocycles. The average molecular weight is 318 g/mol. The van der Waals surface area contributed by atoms with E-state index in [0.29, 0.717) is 13.1 Å². The van der Waals surface area contributed by atoms with Gasteiger partial charge in [-0.1, -0.05) is 12.1 Å². The van der Waals surface area contributed by atoms with E-state index in [4.69, 9.17) is 4.42 Å². The third-order valence-corrected chi connectivity index (χ3v) is 3.37. The molecule has 0 aliphatic heterocycles. The highest BCUT2D eigenvalue weighted by molar-refractivity contribution is 5.91. The molecule has 0 bridgehead atoms. The third-order valence-electron chi connectivity index (χ3n) is 3.37. The minimum atomic E-state index is -0.351. The first-order chi connectivity index (χ1) is 11.1.